The first-order chi connectivity index (χ1) is 8.11. The largest absolute Gasteiger partial charge is 0.388 e. The number of hydrogen-bond donors (Lipinski definition) is 2. The molecule has 1 fully saturated rings. The van der Waals surface area contributed by atoms with Gasteiger partial charge in [-0.05, 0) is 11.4 Å². The van der Waals surface area contributed by atoms with E-state index in [1.165, 1.54) is 11.3 Å². The van der Waals surface area contributed by atoms with Gasteiger partial charge in [-0.2, -0.15) is 0 Å². The quantitative estimate of drug-likeness (QED) is 0.882. The molecule has 0 aromatic carbocycles. The molecule has 1 aliphatic rings. The van der Waals surface area contributed by atoms with E-state index in [0.717, 1.165) is 0 Å². The summed E-state index contributed by atoms with van der Waals surface area (Å²) in [7, 11) is 0. The second-order valence-electron chi connectivity index (χ2n) is 4.12. The third-order valence-corrected chi connectivity index (χ3v) is 4.17. The lowest BCUT2D eigenvalue weighted by atomic mass is 9.94. The van der Waals surface area contributed by atoms with Crippen molar-refractivity contribution >= 4 is 28.8 Å². The summed E-state index contributed by atoms with van der Waals surface area (Å²) in [5.41, 5.74) is -0.850. The fourth-order valence-corrected chi connectivity index (χ4v) is 2.77. The maximum Gasteiger partial charge on any atom is 0.262 e. The molecule has 17 heavy (non-hydrogen) atoms. The van der Waals surface area contributed by atoms with E-state index >= 15 is 0 Å². The van der Waals surface area contributed by atoms with Crippen LogP contribution >= 0.6 is 22.9 Å². The highest BCUT2D eigenvalue weighted by Gasteiger charge is 2.30. The molecule has 1 amide bonds. The SMILES string of the molecule is O=C(NCC1(O)CCOCC1)c1sccc1Cl. The lowest BCUT2D eigenvalue weighted by Gasteiger charge is -2.31. The first-order valence-electron chi connectivity index (χ1n) is 5.42. The van der Waals surface area contributed by atoms with Crippen molar-refractivity contribution < 1.29 is 14.6 Å². The number of rotatable bonds is 3. The summed E-state index contributed by atoms with van der Waals surface area (Å²) >= 11 is 7.15. The summed E-state index contributed by atoms with van der Waals surface area (Å²) in [6, 6.07) is 1.68. The molecule has 0 spiro atoms. The van der Waals surface area contributed by atoms with Gasteiger partial charge in [-0.15, -0.1) is 11.3 Å². The Morgan fingerprint density at radius 3 is 2.88 bits per heavy atom. The molecule has 0 bridgehead atoms. The average Bonchev–Trinajstić information content (AvgIpc) is 2.74. The molecule has 0 radical (unpaired) electrons. The van der Waals surface area contributed by atoms with Gasteiger partial charge in [-0.25, -0.2) is 0 Å². The number of amides is 1. The fourth-order valence-electron chi connectivity index (χ4n) is 1.71. The molecular weight excluding hydrogens is 262 g/mol. The predicted molar refractivity (Wildman–Crippen MR) is 66.7 cm³/mol. The van der Waals surface area contributed by atoms with Crippen molar-refractivity contribution in [2.45, 2.75) is 18.4 Å². The lowest BCUT2D eigenvalue weighted by Crippen LogP contribution is -2.46. The number of halogens is 1. The molecule has 94 valence electrons. The highest BCUT2D eigenvalue weighted by atomic mass is 35.5. The van der Waals surface area contributed by atoms with Crippen LogP contribution in [0.2, 0.25) is 5.02 Å². The number of ether oxygens (including phenoxy) is 1. The average molecular weight is 276 g/mol. The number of hydrogen-bond acceptors (Lipinski definition) is 4. The van der Waals surface area contributed by atoms with Crippen LogP contribution in [-0.4, -0.2) is 36.4 Å². The van der Waals surface area contributed by atoms with Gasteiger partial charge in [0.1, 0.15) is 4.88 Å². The Kier molecular flexibility index (Phi) is 4.04. The Morgan fingerprint density at radius 1 is 1.59 bits per heavy atom. The molecule has 1 saturated heterocycles. The molecule has 2 rings (SSSR count). The van der Waals surface area contributed by atoms with Crippen molar-refractivity contribution in [2.24, 2.45) is 0 Å². The maximum absolute atomic E-state index is 11.8. The van der Waals surface area contributed by atoms with Crippen molar-refractivity contribution in [2.75, 3.05) is 19.8 Å². The van der Waals surface area contributed by atoms with Crippen LogP contribution in [-0.2, 0) is 4.74 Å². The molecule has 1 aliphatic heterocycles. The Hall–Kier alpha value is -0.620. The van der Waals surface area contributed by atoms with Crippen molar-refractivity contribution in [3.63, 3.8) is 0 Å². The number of nitrogens with one attached hydrogen (secondary N) is 1. The molecule has 1 aromatic rings. The van der Waals surface area contributed by atoms with E-state index in [0.29, 0.717) is 36.0 Å². The fraction of sp³-hybridized carbons (Fsp3) is 0.545. The van der Waals surface area contributed by atoms with Gasteiger partial charge in [0.25, 0.3) is 5.91 Å². The van der Waals surface area contributed by atoms with Gasteiger partial charge >= 0.3 is 0 Å². The standard InChI is InChI=1S/C11H14ClNO3S/c12-8-1-6-17-9(8)10(14)13-7-11(15)2-4-16-5-3-11/h1,6,15H,2-5,7H2,(H,13,14). The van der Waals surface area contributed by atoms with Gasteiger partial charge in [0.2, 0.25) is 0 Å². The Morgan fingerprint density at radius 2 is 2.29 bits per heavy atom. The smallest absolute Gasteiger partial charge is 0.262 e. The van der Waals surface area contributed by atoms with Crippen molar-refractivity contribution in [3.05, 3.63) is 21.3 Å². The zero-order chi connectivity index (χ0) is 12.3. The second kappa shape index (κ2) is 5.35. The number of carbonyl (C=O) groups excluding carboxylic acids is 1. The molecule has 0 atom stereocenters. The summed E-state index contributed by atoms with van der Waals surface area (Å²) in [5, 5.41) is 15.1. The normalized spacial score (nSPS) is 18.9. The minimum atomic E-state index is -0.850. The van der Waals surface area contributed by atoms with Crippen LogP contribution in [0.15, 0.2) is 11.4 Å². The second-order valence-corrected chi connectivity index (χ2v) is 5.44. The molecule has 4 nitrogen and oxygen atoms in total. The van der Waals surface area contributed by atoms with E-state index in [9.17, 15) is 9.90 Å². The summed E-state index contributed by atoms with van der Waals surface area (Å²) in [4.78, 5) is 12.3. The summed E-state index contributed by atoms with van der Waals surface area (Å²) in [6.07, 6.45) is 1.09. The van der Waals surface area contributed by atoms with E-state index in [2.05, 4.69) is 5.32 Å². The zero-order valence-corrected chi connectivity index (χ0v) is 10.8. The monoisotopic (exact) mass is 275 g/mol. The molecule has 0 aliphatic carbocycles. The van der Waals surface area contributed by atoms with Gasteiger partial charge in [0, 0.05) is 32.6 Å². The predicted octanol–water partition coefficient (Wildman–Crippen LogP) is 1.67. The van der Waals surface area contributed by atoms with Crippen molar-refractivity contribution in [1.29, 1.82) is 0 Å². The van der Waals surface area contributed by atoms with E-state index < -0.39 is 5.60 Å². The van der Waals surface area contributed by atoms with Crippen LogP contribution in [0.1, 0.15) is 22.5 Å². The topological polar surface area (TPSA) is 58.6 Å². The van der Waals surface area contributed by atoms with Gasteiger partial charge in [-0.3, -0.25) is 4.79 Å². The van der Waals surface area contributed by atoms with Crippen LogP contribution in [0, 0.1) is 0 Å². The minimum Gasteiger partial charge on any atom is -0.388 e. The number of aliphatic hydroxyl groups is 1. The Bertz CT molecular complexity index is 401. The van der Waals surface area contributed by atoms with Crippen LogP contribution in [0.3, 0.4) is 0 Å². The maximum atomic E-state index is 11.8. The van der Waals surface area contributed by atoms with Crippen LogP contribution in [0.4, 0.5) is 0 Å². The van der Waals surface area contributed by atoms with Gasteiger partial charge in [0.15, 0.2) is 0 Å². The van der Waals surface area contributed by atoms with Crippen molar-refractivity contribution in [3.8, 4) is 0 Å². The number of carbonyl (C=O) groups is 1. The highest BCUT2D eigenvalue weighted by molar-refractivity contribution is 7.12. The number of thiophene rings is 1. The van der Waals surface area contributed by atoms with E-state index in [4.69, 9.17) is 16.3 Å². The highest BCUT2D eigenvalue weighted by Crippen LogP contribution is 2.23. The summed E-state index contributed by atoms with van der Waals surface area (Å²) < 4.78 is 5.17. The zero-order valence-electron chi connectivity index (χ0n) is 9.24. The van der Waals surface area contributed by atoms with E-state index in [1.54, 1.807) is 11.4 Å². The Labute approximate surface area is 109 Å². The molecular formula is C11H14ClNO3S. The van der Waals surface area contributed by atoms with Crippen LogP contribution in [0.5, 0.6) is 0 Å². The molecule has 0 saturated carbocycles. The van der Waals surface area contributed by atoms with Gasteiger partial charge in [-0.1, -0.05) is 11.6 Å². The minimum absolute atomic E-state index is 0.232. The van der Waals surface area contributed by atoms with E-state index in [1.807, 2.05) is 0 Å². The summed E-state index contributed by atoms with van der Waals surface area (Å²) in [6.45, 7) is 1.31. The molecule has 2 heterocycles. The van der Waals surface area contributed by atoms with E-state index in [-0.39, 0.29) is 12.5 Å². The third kappa shape index (κ3) is 3.19. The molecule has 1 aromatic heterocycles. The third-order valence-electron chi connectivity index (χ3n) is 2.82. The lowest BCUT2D eigenvalue weighted by molar-refractivity contribution is -0.0605. The molecule has 0 unspecified atom stereocenters. The van der Waals surface area contributed by atoms with Gasteiger partial charge in [0.05, 0.1) is 10.6 Å². The van der Waals surface area contributed by atoms with Gasteiger partial charge < -0.3 is 15.2 Å². The van der Waals surface area contributed by atoms with Crippen molar-refractivity contribution in [1.82, 2.24) is 5.32 Å². The Balaban J connectivity index is 1.90. The molecule has 2 N–H and O–H groups in total. The van der Waals surface area contributed by atoms with Crippen LogP contribution < -0.4 is 5.32 Å². The first-order valence-corrected chi connectivity index (χ1v) is 6.68. The molecule has 6 heteroatoms. The first kappa shape index (κ1) is 12.8. The van der Waals surface area contributed by atoms with Crippen LogP contribution in [0.25, 0.3) is 0 Å². The summed E-state index contributed by atoms with van der Waals surface area (Å²) in [5.74, 6) is -0.232.